The second-order valence-electron chi connectivity index (χ2n) is 13.5. The van der Waals surface area contributed by atoms with E-state index < -0.39 is 29.4 Å². The number of rotatable bonds is 6. The number of aliphatic hydroxyl groups excluding tert-OH is 3. The third-order valence-electron chi connectivity index (χ3n) is 11.9. The van der Waals surface area contributed by atoms with E-state index in [0.717, 1.165) is 32.1 Å². The van der Waals surface area contributed by atoms with Gasteiger partial charge in [-0.3, -0.25) is 4.79 Å². The maximum absolute atomic E-state index is 16.3. The van der Waals surface area contributed by atoms with Crippen molar-refractivity contribution in [3.8, 4) is 0 Å². The van der Waals surface area contributed by atoms with Crippen LogP contribution in [0.3, 0.4) is 0 Å². The molecule has 0 heterocycles. The van der Waals surface area contributed by atoms with Crippen molar-refractivity contribution in [1.29, 1.82) is 0 Å². The molecule has 34 heavy (non-hydrogen) atoms. The first-order chi connectivity index (χ1) is 15.8. The van der Waals surface area contributed by atoms with Gasteiger partial charge in [0.05, 0.1) is 18.3 Å². The van der Waals surface area contributed by atoms with E-state index in [1.165, 1.54) is 0 Å². The molecule has 0 aromatic carbocycles. The van der Waals surface area contributed by atoms with Gasteiger partial charge >= 0.3 is 0 Å². The lowest BCUT2D eigenvalue weighted by molar-refractivity contribution is -0.192. The molecule has 0 spiro atoms. The molecule has 0 amide bonds. The van der Waals surface area contributed by atoms with Crippen LogP contribution in [-0.4, -0.2) is 45.1 Å². The van der Waals surface area contributed by atoms with Gasteiger partial charge in [0, 0.05) is 18.3 Å². The van der Waals surface area contributed by atoms with Crippen LogP contribution in [0.4, 0.5) is 4.39 Å². The summed E-state index contributed by atoms with van der Waals surface area (Å²) in [7, 11) is 0. The normalized spacial score (nSPS) is 48.0. The molecule has 0 bridgehead atoms. The van der Waals surface area contributed by atoms with E-state index in [2.05, 4.69) is 34.6 Å². The minimum Gasteiger partial charge on any atom is -0.393 e. The van der Waals surface area contributed by atoms with Crippen LogP contribution >= 0.6 is 0 Å². The maximum Gasteiger partial charge on any atom is 0.176 e. The van der Waals surface area contributed by atoms with Crippen LogP contribution in [-0.2, 0) is 4.79 Å². The highest BCUT2D eigenvalue weighted by atomic mass is 19.1. The second kappa shape index (κ2) is 9.10. The number of halogens is 1. The summed E-state index contributed by atoms with van der Waals surface area (Å²) in [5, 5.41) is 32.5. The minimum atomic E-state index is -1.89. The smallest absolute Gasteiger partial charge is 0.176 e. The topological polar surface area (TPSA) is 77.8 Å². The predicted octanol–water partition coefficient (Wildman–Crippen LogP) is 5.32. The molecule has 4 aliphatic carbocycles. The van der Waals surface area contributed by atoms with Gasteiger partial charge in [0.1, 0.15) is 0 Å². The first-order valence-electron chi connectivity index (χ1n) is 14.1. The molecule has 0 radical (unpaired) electrons. The van der Waals surface area contributed by atoms with Crippen LogP contribution in [0.2, 0.25) is 0 Å². The largest absolute Gasteiger partial charge is 0.393 e. The number of carbonyl (C=O) groups excluding carboxylic acids is 1. The van der Waals surface area contributed by atoms with Crippen LogP contribution in [0.25, 0.3) is 0 Å². The van der Waals surface area contributed by atoms with E-state index >= 15 is 4.39 Å². The van der Waals surface area contributed by atoms with E-state index in [9.17, 15) is 20.1 Å². The van der Waals surface area contributed by atoms with Gasteiger partial charge in [0.25, 0.3) is 0 Å². The molecule has 0 saturated heterocycles. The van der Waals surface area contributed by atoms with Gasteiger partial charge in [-0.15, -0.1) is 0 Å². The Bertz CT molecular complexity index is 771. The predicted molar refractivity (Wildman–Crippen MR) is 132 cm³/mol. The van der Waals surface area contributed by atoms with Crippen molar-refractivity contribution >= 4 is 5.78 Å². The molecule has 4 saturated carbocycles. The van der Waals surface area contributed by atoms with Crippen molar-refractivity contribution in [3.05, 3.63) is 0 Å². The van der Waals surface area contributed by atoms with Crippen LogP contribution in [0.5, 0.6) is 0 Å². The summed E-state index contributed by atoms with van der Waals surface area (Å²) in [6.07, 6.45) is 3.98. The molecule has 0 aromatic heterocycles. The Morgan fingerprint density at radius 3 is 2.29 bits per heavy atom. The van der Waals surface area contributed by atoms with Crippen molar-refractivity contribution in [2.24, 2.45) is 52.3 Å². The van der Waals surface area contributed by atoms with Gasteiger partial charge in [0.15, 0.2) is 11.5 Å². The Hall–Kier alpha value is -0.520. The summed E-state index contributed by atoms with van der Waals surface area (Å²) in [5.74, 6) is 1.10. The second-order valence-corrected chi connectivity index (χ2v) is 13.5. The average molecular weight is 481 g/mol. The summed E-state index contributed by atoms with van der Waals surface area (Å²) in [6.45, 7) is 12.7. The summed E-state index contributed by atoms with van der Waals surface area (Å²) in [5.41, 5.74) is -2.57. The highest BCUT2D eigenvalue weighted by Gasteiger charge is 2.69. The number of carbonyl (C=O) groups is 1. The number of hydrogen-bond donors (Lipinski definition) is 3. The number of Topliss-reactive ketones (excluding diaryl/α,β-unsaturated/α-hetero) is 1. The highest BCUT2D eigenvalue weighted by Crippen LogP contribution is 2.69. The molecule has 0 aliphatic heterocycles. The monoisotopic (exact) mass is 480 g/mol. The van der Waals surface area contributed by atoms with E-state index in [1.807, 2.05) is 6.92 Å². The molecule has 0 aromatic rings. The number of fused-ring (bicyclic) bond motifs is 5. The molecule has 5 heteroatoms. The fourth-order valence-electron chi connectivity index (χ4n) is 9.79. The molecule has 196 valence electrons. The van der Waals surface area contributed by atoms with Crippen molar-refractivity contribution in [2.45, 2.75) is 123 Å². The lowest BCUT2D eigenvalue weighted by Gasteiger charge is -2.62. The first-order valence-corrected chi connectivity index (χ1v) is 14.1. The van der Waals surface area contributed by atoms with E-state index in [0.29, 0.717) is 37.0 Å². The van der Waals surface area contributed by atoms with E-state index in [4.69, 9.17) is 0 Å². The van der Waals surface area contributed by atoms with Gasteiger partial charge in [-0.25, -0.2) is 4.39 Å². The molecule has 4 rings (SSSR count). The van der Waals surface area contributed by atoms with Crippen molar-refractivity contribution in [2.75, 3.05) is 0 Å². The zero-order chi connectivity index (χ0) is 25.2. The number of alkyl halides is 1. The van der Waals surface area contributed by atoms with Crippen LogP contribution in [0, 0.1) is 52.3 Å². The lowest BCUT2D eigenvalue weighted by atomic mass is 9.43. The van der Waals surface area contributed by atoms with Gasteiger partial charge in [-0.1, -0.05) is 48.0 Å². The summed E-state index contributed by atoms with van der Waals surface area (Å²) >= 11 is 0. The molecule has 4 aliphatic rings. The van der Waals surface area contributed by atoms with Gasteiger partial charge in [-0.05, 0) is 85.4 Å². The Balaban J connectivity index is 1.57. The molecule has 3 N–H and O–H groups in total. The SMILES string of the molecule is CC[C@@H](C(C)C)[C@@H](O)[C@H](O)[C@@H](C)[C@H]1CC[C@H]2[C@@H]3CC(=O)[C@@]4(F)C[C@@H](O)CC[C@]4(C)[C@H]3CC[C@]12C. The molecule has 0 unspecified atom stereocenters. The number of aliphatic hydroxyl groups is 3. The van der Waals surface area contributed by atoms with Crippen molar-refractivity contribution < 1.29 is 24.5 Å². The van der Waals surface area contributed by atoms with Gasteiger partial charge < -0.3 is 15.3 Å². The third-order valence-corrected chi connectivity index (χ3v) is 11.9. The zero-order valence-electron chi connectivity index (χ0n) is 22.3. The molecular weight excluding hydrogens is 431 g/mol. The first kappa shape index (κ1) is 26.5. The third kappa shape index (κ3) is 3.74. The van der Waals surface area contributed by atoms with Crippen LogP contribution < -0.4 is 0 Å². The maximum atomic E-state index is 16.3. The van der Waals surface area contributed by atoms with Crippen LogP contribution in [0.15, 0.2) is 0 Å². The molecular formula is C29H49FO4. The molecule has 4 fully saturated rings. The Morgan fingerprint density at radius 1 is 1.00 bits per heavy atom. The van der Waals surface area contributed by atoms with Gasteiger partial charge in [0.2, 0.25) is 0 Å². The Kier molecular flexibility index (Phi) is 7.10. The van der Waals surface area contributed by atoms with Gasteiger partial charge in [-0.2, -0.15) is 0 Å². The minimum absolute atomic E-state index is 0.00194. The van der Waals surface area contributed by atoms with E-state index in [-0.39, 0.29) is 41.3 Å². The Morgan fingerprint density at radius 2 is 1.68 bits per heavy atom. The number of ketones is 1. The van der Waals surface area contributed by atoms with Crippen molar-refractivity contribution in [3.63, 3.8) is 0 Å². The van der Waals surface area contributed by atoms with E-state index in [1.54, 1.807) is 0 Å². The summed E-state index contributed by atoms with van der Waals surface area (Å²) < 4.78 is 16.3. The molecule has 12 atom stereocenters. The average Bonchev–Trinajstić information content (AvgIpc) is 3.12. The number of hydrogen-bond acceptors (Lipinski definition) is 4. The highest BCUT2D eigenvalue weighted by molar-refractivity contribution is 5.89. The lowest BCUT2D eigenvalue weighted by Crippen LogP contribution is -2.65. The Labute approximate surface area is 206 Å². The molecule has 4 nitrogen and oxygen atoms in total. The quantitative estimate of drug-likeness (QED) is 0.481. The van der Waals surface area contributed by atoms with Crippen molar-refractivity contribution in [1.82, 2.24) is 0 Å². The summed E-state index contributed by atoms with van der Waals surface area (Å²) in [6, 6.07) is 0. The fraction of sp³-hybridized carbons (Fsp3) is 0.966. The zero-order valence-corrected chi connectivity index (χ0v) is 22.3. The standard InChI is InChI=1S/C29H49FO4/c1-7-19(16(2)3)26(34)25(33)17(4)21-8-9-22-20-14-24(32)29(30)15-18(31)10-13-28(29,6)23(20)11-12-27(21,22)5/h16-23,25-26,31,33-34H,7-15H2,1-6H3/t17-,18-,19-,20-,21+,22-,23-,25+,26+,27+,28+,29-/m0/s1. The fourth-order valence-corrected chi connectivity index (χ4v) is 9.79. The van der Waals surface area contributed by atoms with Crippen LogP contribution in [0.1, 0.15) is 99.3 Å². The summed E-state index contributed by atoms with van der Waals surface area (Å²) in [4.78, 5) is 13.3.